The van der Waals surface area contributed by atoms with E-state index in [0.717, 1.165) is 11.1 Å². The third-order valence-electron chi connectivity index (χ3n) is 2.50. The van der Waals surface area contributed by atoms with Gasteiger partial charge in [0, 0.05) is 18.8 Å². The van der Waals surface area contributed by atoms with Crippen molar-refractivity contribution in [1.29, 1.82) is 0 Å². The molecule has 90 valence electrons. The molecule has 5 heteroatoms. The fraction of sp³-hybridized carbons (Fsp3) is 0.333. The van der Waals surface area contributed by atoms with Crippen LogP contribution in [0.1, 0.15) is 19.4 Å². The molecule has 2 aromatic heterocycles. The van der Waals surface area contributed by atoms with Crippen LogP contribution in [0.2, 0.25) is 0 Å². The van der Waals surface area contributed by atoms with Crippen LogP contribution in [0.3, 0.4) is 0 Å². The average Bonchev–Trinajstić information content (AvgIpc) is 2.61. The predicted octanol–water partition coefficient (Wildman–Crippen LogP) is 1.92. The van der Waals surface area contributed by atoms with Gasteiger partial charge in [-0.15, -0.1) is 0 Å². The minimum absolute atomic E-state index is 0.406. The van der Waals surface area contributed by atoms with E-state index >= 15 is 0 Å². The summed E-state index contributed by atoms with van der Waals surface area (Å²) >= 11 is 0. The molecule has 0 aromatic carbocycles. The van der Waals surface area contributed by atoms with Crippen molar-refractivity contribution in [2.24, 2.45) is 7.05 Å². The molecule has 0 aliphatic rings. The van der Waals surface area contributed by atoms with Gasteiger partial charge in [-0.05, 0) is 25.5 Å². The van der Waals surface area contributed by atoms with E-state index < -0.39 is 5.76 Å². The Labute approximate surface area is 98.3 Å². The minimum atomic E-state index is -0.406. The number of aryl methyl sites for hydroxylation is 1. The molecule has 0 amide bonds. The molecule has 0 saturated carbocycles. The maximum atomic E-state index is 11.3. The number of nitrogens with zero attached hydrogens (tertiary/aromatic N) is 2. The van der Waals surface area contributed by atoms with Crippen molar-refractivity contribution in [2.45, 2.75) is 13.8 Å². The number of ether oxygens (including phenoxy) is 1. The zero-order valence-electron chi connectivity index (χ0n) is 10.1. The molecule has 0 atom stereocenters. The fourth-order valence-corrected chi connectivity index (χ4v) is 1.51. The van der Waals surface area contributed by atoms with Crippen LogP contribution in [-0.4, -0.2) is 16.2 Å². The molecule has 0 radical (unpaired) electrons. The van der Waals surface area contributed by atoms with Crippen LogP contribution in [0.5, 0.6) is 0 Å². The molecular formula is C12H14N2O3. The van der Waals surface area contributed by atoms with E-state index in [2.05, 4.69) is 4.98 Å². The third kappa shape index (κ3) is 2.08. The van der Waals surface area contributed by atoms with Gasteiger partial charge in [-0.25, -0.2) is 9.78 Å². The lowest BCUT2D eigenvalue weighted by Crippen LogP contribution is -2.08. The standard InChI is InChI=1S/C12H14N2O3/c1-4-16-7-8(2)9-5-10-11(13-6-9)14(3)12(15)17-10/h5-7H,4H2,1-3H3/b8-7+. The molecule has 0 saturated heterocycles. The Balaban J connectivity index is 2.48. The number of hydrogen-bond acceptors (Lipinski definition) is 4. The fourth-order valence-electron chi connectivity index (χ4n) is 1.51. The topological polar surface area (TPSA) is 57.3 Å². The Hall–Kier alpha value is -2.04. The van der Waals surface area contributed by atoms with Crippen LogP contribution in [-0.2, 0) is 11.8 Å². The molecule has 0 bridgehead atoms. The second-order valence-electron chi connectivity index (χ2n) is 3.73. The molecule has 2 rings (SSSR count). The second-order valence-corrected chi connectivity index (χ2v) is 3.73. The van der Waals surface area contributed by atoms with E-state index in [4.69, 9.17) is 9.15 Å². The van der Waals surface area contributed by atoms with Crippen molar-refractivity contribution in [3.8, 4) is 0 Å². The predicted molar refractivity (Wildman–Crippen MR) is 64.5 cm³/mol. The van der Waals surface area contributed by atoms with Crippen molar-refractivity contribution in [2.75, 3.05) is 6.61 Å². The van der Waals surface area contributed by atoms with Crippen LogP contribution in [0.15, 0.2) is 27.7 Å². The maximum Gasteiger partial charge on any atom is 0.420 e. The van der Waals surface area contributed by atoms with Gasteiger partial charge in [0.25, 0.3) is 0 Å². The minimum Gasteiger partial charge on any atom is -0.501 e. The van der Waals surface area contributed by atoms with Crippen LogP contribution >= 0.6 is 0 Å². The highest BCUT2D eigenvalue weighted by molar-refractivity contribution is 5.74. The number of allylic oxidation sites excluding steroid dienone is 1. The molecule has 2 aromatic rings. The summed E-state index contributed by atoms with van der Waals surface area (Å²) in [5.41, 5.74) is 2.84. The molecular weight excluding hydrogens is 220 g/mol. The van der Waals surface area contributed by atoms with Crippen LogP contribution in [0, 0.1) is 0 Å². The molecule has 0 fully saturated rings. The van der Waals surface area contributed by atoms with Gasteiger partial charge < -0.3 is 9.15 Å². The zero-order chi connectivity index (χ0) is 12.4. The van der Waals surface area contributed by atoms with Gasteiger partial charge in [-0.3, -0.25) is 4.57 Å². The van der Waals surface area contributed by atoms with Crippen molar-refractivity contribution < 1.29 is 9.15 Å². The molecule has 5 nitrogen and oxygen atoms in total. The van der Waals surface area contributed by atoms with Gasteiger partial charge in [0.05, 0.1) is 12.9 Å². The first-order valence-electron chi connectivity index (χ1n) is 5.37. The summed E-state index contributed by atoms with van der Waals surface area (Å²) in [6.45, 7) is 4.45. The second kappa shape index (κ2) is 4.45. The first-order chi connectivity index (χ1) is 8.13. The van der Waals surface area contributed by atoms with Crippen molar-refractivity contribution in [3.63, 3.8) is 0 Å². The van der Waals surface area contributed by atoms with Gasteiger partial charge in [0.2, 0.25) is 0 Å². The van der Waals surface area contributed by atoms with E-state index in [0.29, 0.717) is 17.8 Å². The highest BCUT2D eigenvalue weighted by Gasteiger charge is 2.08. The van der Waals surface area contributed by atoms with Crippen LogP contribution in [0.4, 0.5) is 0 Å². The largest absolute Gasteiger partial charge is 0.501 e. The Bertz CT molecular complexity index is 622. The summed E-state index contributed by atoms with van der Waals surface area (Å²) in [5, 5.41) is 0. The molecule has 0 unspecified atom stereocenters. The Kier molecular flexibility index (Phi) is 2.99. The quantitative estimate of drug-likeness (QED) is 0.761. The lowest BCUT2D eigenvalue weighted by atomic mass is 10.1. The first-order valence-corrected chi connectivity index (χ1v) is 5.37. The Morgan fingerprint density at radius 1 is 1.65 bits per heavy atom. The number of oxazole rings is 1. The lowest BCUT2D eigenvalue weighted by Gasteiger charge is -2.01. The number of rotatable bonds is 3. The molecule has 0 aliphatic carbocycles. The number of aromatic nitrogens is 2. The summed E-state index contributed by atoms with van der Waals surface area (Å²) in [6.07, 6.45) is 3.37. The zero-order valence-corrected chi connectivity index (χ0v) is 10.1. The van der Waals surface area contributed by atoms with Crippen molar-refractivity contribution in [3.05, 3.63) is 34.6 Å². The van der Waals surface area contributed by atoms with Crippen LogP contribution in [0.25, 0.3) is 16.8 Å². The van der Waals surface area contributed by atoms with Crippen molar-refractivity contribution in [1.82, 2.24) is 9.55 Å². The van der Waals surface area contributed by atoms with Gasteiger partial charge in [-0.2, -0.15) is 0 Å². The molecule has 2 heterocycles. The molecule has 0 aliphatic heterocycles. The monoisotopic (exact) mass is 234 g/mol. The van der Waals surface area contributed by atoms with E-state index in [-0.39, 0.29) is 0 Å². The van der Waals surface area contributed by atoms with Crippen molar-refractivity contribution >= 4 is 16.8 Å². The number of pyridine rings is 1. The summed E-state index contributed by atoms with van der Waals surface area (Å²) in [4.78, 5) is 15.5. The SMILES string of the molecule is CCO/C=C(\C)c1cnc2c(c1)oc(=O)n2C. The number of hydrogen-bond donors (Lipinski definition) is 0. The number of fused-ring (bicyclic) bond motifs is 1. The summed E-state index contributed by atoms with van der Waals surface area (Å²) < 4.78 is 11.6. The Morgan fingerprint density at radius 3 is 3.12 bits per heavy atom. The molecule has 0 N–H and O–H groups in total. The van der Waals surface area contributed by atoms with E-state index in [1.165, 1.54) is 4.57 Å². The third-order valence-corrected chi connectivity index (χ3v) is 2.50. The highest BCUT2D eigenvalue weighted by Crippen LogP contribution is 2.17. The van der Waals surface area contributed by atoms with Gasteiger partial charge in [-0.1, -0.05) is 0 Å². The van der Waals surface area contributed by atoms with Gasteiger partial charge in [0.15, 0.2) is 11.2 Å². The first kappa shape index (κ1) is 11.4. The summed E-state index contributed by atoms with van der Waals surface area (Å²) in [7, 11) is 1.63. The van der Waals surface area contributed by atoms with E-state index in [9.17, 15) is 4.79 Å². The van der Waals surface area contributed by atoms with Gasteiger partial charge >= 0.3 is 5.76 Å². The summed E-state index contributed by atoms with van der Waals surface area (Å²) in [6, 6.07) is 1.79. The highest BCUT2D eigenvalue weighted by atomic mass is 16.5. The molecule has 0 spiro atoms. The van der Waals surface area contributed by atoms with Crippen LogP contribution < -0.4 is 5.76 Å². The lowest BCUT2D eigenvalue weighted by molar-refractivity contribution is 0.270. The smallest absolute Gasteiger partial charge is 0.420 e. The van der Waals surface area contributed by atoms with E-state index in [1.54, 1.807) is 25.6 Å². The summed E-state index contributed by atoms with van der Waals surface area (Å²) in [5.74, 6) is -0.406. The molecule has 17 heavy (non-hydrogen) atoms. The van der Waals surface area contributed by atoms with Gasteiger partial charge in [0.1, 0.15) is 0 Å². The Morgan fingerprint density at radius 2 is 2.41 bits per heavy atom. The normalized spacial score (nSPS) is 12.1. The van der Waals surface area contributed by atoms with E-state index in [1.807, 2.05) is 13.8 Å². The maximum absolute atomic E-state index is 11.3. The average molecular weight is 234 g/mol.